The van der Waals surface area contributed by atoms with Gasteiger partial charge in [0.05, 0.1) is 11.7 Å². The van der Waals surface area contributed by atoms with Gasteiger partial charge in [0.15, 0.2) is 0 Å². The van der Waals surface area contributed by atoms with Gasteiger partial charge in [-0.15, -0.1) is 22.7 Å². The van der Waals surface area contributed by atoms with Crippen LogP contribution in [-0.2, 0) is 11.3 Å². The number of anilines is 1. The fourth-order valence-corrected chi connectivity index (χ4v) is 3.39. The minimum atomic E-state index is -0.0355. The van der Waals surface area contributed by atoms with Gasteiger partial charge in [-0.2, -0.15) is 0 Å². The molecule has 0 aliphatic carbocycles. The second-order valence-corrected chi connectivity index (χ2v) is 6.08. The van der Waals surface area contributed by atoms with Crippen LogP contribution >= 0.6 is 22.7 Å². The summed E-state index contributed by atoms with van der Waals surface area (Å²) in [7, 11) is 0. The maximum atomic E-state index is 11.1. The third kappa shape index (κ3) is 3.86. The molecule has 0 radical (unpaired) electrons. The van der Waals surface area contributed by atoms with E-state index in [1.54, 1.807) is 22.7 Å². The lowest BCUT2D eigenvalue weighted by Gasteiger charge is -2.14. The molecule has 102 valence electrons. The van der Waals surface area contributed by atoms with Gasteiger partial charge in [-0.1, -0.05) is 6.92 Å². The third-order valence-electron chi connectivity index (χ3n) is 2.72. The van der Waals surface area contributed by atoms with Crippen molar-refractivity contribution >= 4 is 34.3 Å². The molecule has 0 aliphatic rings. The van der Waals surface area contributed by atoms with E-state index in [9.17, 15) is 4.79 Å². The van der Waals surface area contributed by atoms with Gasteiger partial charge in [-0.3, -0.25) is 4.79 Å². The van der Waals surface area contributed by atoms with E-state index in [-0.39, 0.29) is 11.9 Å². The summed E-state index contributed by atoms with van der Waals surface area (Å²) in [6.45, 7) is 4.41. The molecule has 2 aromatic heterocycles. The molecule has 0 aromatic carbocycles. The van der Waals surface area contributed by atoms with E-state index >= 15 is 0 Å². The Morgan fingerprint density at radius 3 is 2.89 bits per heavy atom. The molecule has 1 atom stereocenters. The van der Waals surface area contributed by atoms with E-state index in [1.807, 2.05) is 23.0 Å². The normalized spacial score (nSPS) is 12.3. The number of amides is 1. The first-order valence-electron chi connectivity index (χ1n) is 6.17. The molecule has 1 unspecified atom stereocenters. The zero-order valence-electron chi connectivity index (χ0n) is 11.0. The highest BCUT2D eigenvalue weighted by atomic mass is 32.1. The second-order valence-electron chi connectivity index (χ2n) is 4.15. The fourth-order valence-electron chi connectivity index (χ4n) is 1.81. The van der Waals surface area contributed by atoms with Gasteiger partial charge in [-0.25, -0.2) is 4.98 Å². The number of hydrogen-bond acceptors (Lipinski definition) is 5. The largest absolute Gasteiger partial charge is 0.325 e. The Kier molecular flexibility index (Phi) is 5.07. The molecule has 0 fully saturated rings. The van der Waals surface area contributed by atoms with E-state index in [2.05, 4.69) is 22.5 Å². The van der Waals surface area contributed by atoms with Crippen LogP contribution in [0, 0.1) is 0 Å². The molecule has 2 N–H and O–H groups in total. The van der Waals surface area contributed by atoms with E-state index in [0.717, 1.165) is 28.5 Å². The summed E-state index contributed by atoms with van der Waals surface area (Å²) in [5.41, 5.74) is 0.902. The number of thiophene rings is 1. The molecule has 19 heavy (non-hydrogen) atoms. The third-order valence-corrected chi connectivity index (χ3v) is 4.53. The summed E-state index contributed by atoms with van der Waals surface area (Å²) in [6.07, 6.45) is 2.83. The minimum absolute atomic E-state index is 0.0355. The molecule has 0 aliphatic heterocycles. The molecular weight excluding hydrogens is 278 g/mol. The first kappa shape index (κ1) is 14.2. The molecule has 0 saturated heterocycles. The molecule has 0 spiro atoms. The van der Waals surface area contributed by atoms with Crippen LogP contribution < -0.4 is 10.6 Å². The van der Waals surface area contributed by atoms with Crippen molar-refractivity contribution in [3.8, 4) is 0 Å². The van der Waals surface area contributed by atoms with E-state index in [0.29, 0.717) is 0 Å². The van der Waals surface area contributed by atoms with Gasteiger partial charge in [0.1, 0.15) is 5.01 Å². The summed E-state index contributed by atoms with van der Waals surface area (Å²) in [5.74, 6) is -0.0355. The summed E-state index contributed by atoms with van der Waals surface area (Å²) < 4.78 is 0. The van der Waals surface area contributed by atoms with Crippen molar-refractivity contribution in [1.29, 1.82) is 0 Å². The standard InChI is InChI=1S/C13H17N3OS2/c1-3-10(13-14-5-7-19-13)15-8-12-11(4-6-18-12)16-9(2)17/h4-7,10,15H,3,8H2,1-2H3,(H,16,17). The first-order valence-corrected chi connectivity index (χ1v) is 7.93. The molecule has 0 saturated carbocycles. The molecule has 1 amide bonds. The minimum Gasteiger partial charge on any atom is -0.325 e. The highest BCUT2D eigenvalue weighted by Gasteiger charge is 2.13. The monoisotopic (exact) mass is 295 g/mol. The zero-order valence-corrected chi connectivity index (χ0v) is 12.6. The van der Waals surface area contributed by atoms with Crippen LogP contribution in [0.5, 0.6) is 0 Å². The SMILES string of the molecule is CCC(NCc1sccc1NC(C)=O)c1nccs1. The highest BCUT2D eigenvalue weighted by molar-refractivity contribution is 7.10. The maximum Gasteiger partial charge on any atom is 0.221 e. The van der Waals surface area contributed by atoms with Crippen molar-refractivity contribution in [2.24, 2.45) is 0 Å². The summed E-state index contributed by atoms with van der Waals surface area (Å²) in [6, 6.07) is 2.21. The van der Waals surface area contributed by atoms with E-state index in [4.69, 9.17) is 0 Å². The summed E-state index contributed by atoms with van der Waals surface area (Å²) in [4.78, 5) is 16.6. The second kappa shape index (κ2) is 6.79. The van der Waals surface area contributed by atoms with Gasteiger partial charge < -0.3 is 10.6 Å². The lowest BCUT2D eigenvalue weighted by atomic mass is 10.2. The van der Waals surface area contributed by atoms with Gasteiger partial charge in [0.25, 0.3) is 0 Å². The van der Waals surface area contributed by atoms with Crippen molar-refractivity contribution in [1.82, 2.24) is 10.3 Å². The van der Waals surface area contributed by atoms with Crippen LogP contribution in [0.25, 0.3) is 0 Å². The van der Waals surface area contributed by atoms with Crippen LogP contribution in [-0.4, -0.2) is 10.9 Å². The van der Waals surface area contributed by atoms with Gasteiger partial charge in [0.2, 0.25) is 5.91 Å². The molecule has 6 heteroatoms. The number of carbonyl (C=O) groups excluding carboxylic acids is 1. The predicted octanol–water partition coefficient (Wildman–Crippen LogP) is 3.40. The van der Waals surface area contributed by atoms with Crippen molar-refractivity contribution < 1.29 is 4.79 Å². The number of nitrogens with one attached hydrogen (secondary N) is 2. The van der Waals surface area contributed by atoms with Gasteiger partial charge in [0, 0.05) is 29.9 Å². The average molecular weight is 295 g/mol. The Morgan fingerprint density at radius 1 is 1.42 bits per heavy atom. The average Bonchev–Trinajstić information content (AvgIpc) is 3.01. The Hall–Kier alpha value is -1.24. The first-order chi connectivity index (χ1) is 9.20. The summed E-state index contributed by atoms with van der Waals surface area (Å²) in [5, 5.41) is 11.4. The van der Waals surface area contributed by atoms with Crippen LogP contribution in [0.3, 0.4) is 0 Å². The molecule has 2 aromatic rings. The number of hydrogen-bond donors (Lipinski definition) is 2. The van der Waals surface area contributed by atoms with E-state index < -0.39 is 0 Å². The zero-order chi connectivity index (χ0) is 13.7. The molecule has 2 heterocycles. The quantitative estimate of drug-likeness (QED) is 0.858. The number of carbonyl (C=O) groups is 1. The lowest BCUT2D eigenvalue weighted by molar-refractivity contribution is -0.114. The Labute approximate surface area is 120 Å². The van der Waals surface area contributed by atoms with Crippen LogP contribution in [0.4, 0.5) is 5.69 Å². The van der Waals surface area contributed by atoms with Crippen molar-refractivity contribution in [2.75, 3.05) is 5.32 Å². The molecule has 0 bridgehead atoms. The van der Waals surface area contributed by atoms with Crippen molar-refractivity contribution in [3.05, 3.63) is 32.9 Å². The number of thiazole rings is 1. The van der Waals surface area contributed by atoms with Crippen molar-refractivity contribution in [3.63, 3.8) is 0 Å². The maximum absolute atomic E-state index is 11.1. The van der Waals surface area contributed by atoms with Crippen LogP contribution in [0.15, 0.2) is 23.0 Å². The topological polar surface area (TPSA) is 54.0 Å². The molecule has 4 nitrogen and oxygen atoms in total. The van der Waals surface area contributed by atoms with Gasteiger partial charge >= 0.3 is 0 Å². The molecule has 2 rings (SSSR count). The molecular formula is C13H17N3OS2. The number of rotatable bonds is 6. The Bertz CT molecular complexity index is 522. The summed E-state index contributed by atoms with van der Waals surface area (Å²) >= 11 is 3.31. The van der Waals surface area contributed by atoms with Crippen LogP contribution in [0.2, 0.25) is 0 Å². The Morgan fingerprint density at radius 2 is 2.26 bits per heavy atom. The van der Waals surface area contributed by atoms with Gasteiger partial charge in [-0.05, 0) is 17.9 Å². The number of aromatic nitrogens is 1. The Balaban J connectivity index is 1.98. The fraction of sp³-hybridized carbons (Fsp3) is 0.385. The lowest BCUT2D eigenvalue weighted by Crippen LogP contribution is -2.20. The highest BCUT2D eigenvalue weighted by Crippen LogP contribution is 2.24. The predicted molar refractivity (Wildman–Crippen MR) is 80.6 cm³/mol. The van der Waals surface area contributed by atoms with Crippen molar-refractivity contribution in [2.45, 2.75) is 32.9 Å². The van der Waals surface area contributed by atoms with E-state index in [1.165, 1.54) is 6.92 Å². The smallest absolute Gasteiger partial charge is 0.221 e. The van der Waals surface area contributed by atoms with Crippen LogP contribution in [0.1, 0.15) is 36.2 Å². The number of nitrogens with zero attached hydrogens (tertiary/aromatic N) is 1.